The maximum atomic E-state index is 10.7. The fourth-order valence-corrected chi connectivity index (χ4v) is 1.57. The Morgan fingerprint density at radius 1 is 1.36 bits per heavy atom. The summed E-state index contributed by atoms with van der Waals surface area (Å²) in [6.07, 6.45) is 1.17. The van der Waals surface area contributed by atoms with Crippen LogP contribution >= 0.6 is 0 Å². The van der Waals surface area contributed by atoms with Crippen LogP contribution in [0.15, 0.2) is 0 Å². The Morgan fingerprint density at radius 2 is 1.91 bits per heavy atom. The average Bonchev–Trinajstić information content (AvgIpc) is 2.61. The summed E-state index contributed by atoms with van der Waals surface area (Å²) in [6.45, 7) is 0.360. The molecule has 2 fully saturated rings. The topological polar surface area (TPSA) is 66.8 Å². The first kappa shape index (κ1) is 7.06. The van der Waals surface area contributed by atoms with Crippen LogP contribution in [0.4, 0.5) is 0 Å². The summed E-state index contributed by atoms with van der Waals surface area (Å²) < 4.78 is 4.80. The molecule has 4 heteroatoms. The second-order valence-electron chi connectivity index (χ2n) is 3.41. The number of carboxylic acids is 1. The lowest BCUT2D eigenvalue weighted by atomic mass is 9.82. The van der Waals surface area contributed by atoms with Gasteiger partial charge in [-0.2, -0.15) is 0 Å². The lowest BCUT2D eigenvalue weighted by molar-refractivity contribution is -0.221. The molecule has 1 aliphatic heterocycles. The fourth-order valence-electron chi connectivity index (χ4n) is 1.57. The van der Waals surface area contributed by atoms with Gasteiger partial charge in [0, 0.05) is 0 Å². The standard InChI is InChI=1S/C7H10O4/c8-5(9)6(1-2-6)7(10)3-11-4-7/h10H,1-4H2,(H,8,9). The minimum Gasteiger partial charge on any atom is -0.481 e. The Labute approximate surface area is 63.8 Å². The summed E-state index contributed by atoms with van der Waals surface area (Å²) in [5.74, 6) is -0.886. The van der Waals surface area contributed by atoms with Crippen molar-refractivity contribution >= 4 is 5.97 Å². The Hall–Kier alpha value is -0.610. The van der Waals surface area contributed by atoms with Crippen molar-refractivity contribution in [3.63, 3.8) is 0 Å². The van der Waals surface area contributed by atoms with Crippen LogP contribution in [0.25, 0.3) is 0 Å². The molecule has 1 aliphatic carbocycles. The zero-order valence-corrected chi connectivity index (χ0v) is 6.04. The third-order valence-electron chi connectivity index (χ3n) is 2.73. The van der Waals surface area contributed by atoms with E-state index in [0.717, 1.165) is 0 Å². The SMILES string of the molecule is O=C(O)C1(C2(O)COC2)CC1. The predicted molar refractivity (Wildman–Crippen MR) is 35.1 cm³/mol. The molecule has 11 heavy (non-hydrogen) atoms. The molecule has 0 radical (unpaired) electrons. The first-order chi connectivity index (χ1) is 5.11. The highest BCUT2D eigenvalue weighted by atomic mass is 16.5. The Morgan fingerprint density at radius 3 is 2.00 bits per heavy atom. The summed E-state index contributed by atoms with van der Waals surface area (Å²) in [4.78, 5) is 10.7. The third-order valence-corrected chi connectivity index (χ3v) is 2.73. The maximum Gasteiger partial charge on any atom is 0.312 e. The van der Waals surface area contributed by atoms with Crippen LogP contribution in [0.1, 0.15) is 12.8 Å². The van der Waals surface area contributed by atoms with Crippen molar-refractivity contribution < 1.29 is 19.7 Å². The Balaban J connectivity index is 2.19. The van der Waals surface area contributed by atoms with Crippen LogP contribution in [-0.2, 0) is 9.53 Å². The van der Waals surface area contributed by atoms with Crippen LogP contribution in [0, 0.1) is 5.41 Å². The molecule has 4 nitrogen and oxygen atoms in total. The van der Waals surface area contributed by atoms with E-state index in [1.807, 2.05) is 0 Å². The Kier molecular flexibility index (Phi) is 1.13. The molecular weight excluding hydrogens is 148 g/mol. The van der Waals surface area contributed by atoms with Crippen molar-refractivity contribution in [1.29, 1.82) is 0 Å². The third kappa shape index (κ3) is 0.684. The Bertz CT molecular complexity index is 202. The largest absolute Gasteiger partial charge is 0.481 e. The fraction of sp³-hybridized carbons (Fsp3) is 0.857. The highest BCUT2D eigenvalue weighted by Gasteiger charge is 2.67. The summed E-state index contributed by atoms with van der Waals surface area (Å²) in [7, 11) is 0. The summed E-state index contributed by atoms with van der Waals surface area (Å²) in [5.41, 5.74) is -1.94. The van der Waals surface area contributed by atoms with E-state index in [1.54, 1.807) is 0 Å². The van der Waals surface area contributed by atoms with E-state index in [9.17, 15) is 9.90 Å². The number of rotatable bonds is 2. The van der Waals surface area contributed by atoms with Crippen molar-refractivity contribution in [3.05, 3.63) is 0 Å². The van der Waals surface area contributed by atoms with Crippen molar-refractivity contribution in [2.45, 2.75) is 18.4 Å². The van der Waals surface area contributed by atoms with Gasteiger partial charge < -0.3 is 14.9 Å². The molecule has 0 aromatic heterocycles. The zero-order valence-electron chi connectivity index (χ0n) is 6.04. The molecule has 1 saturated carbocycles. The van der Waals surface area contributed by atoms with Gasteiger partial charge in [0.1, 0.15) is 11.0 Å². The summed E-state index contributed by atoms with van der Waals surface area (Å²) >= 11 is 0. The maximum absolute atomic E-state index is 10.7. The molecule has 0 aromatic rings. The number of carboxylic acid groups (broad SMARTS) is 1. The van der Waals surface area contributed by atoms with Crippen molar-refractivity contribution in [3.8, 4) is 0 Å². The number of carbonyl (C=O) groups is 1. The van der Waals surface area contributed by atoms with Crippen molar-refractivity contribution in [2.75, 3.05) is 13.2 Å². The van der Waals surface area contributed by atoms with Gasteiger partial charge in [0.25, 0.3) is 0 Å². The second-order valence-corrected chi connectivity index (χ2v) is 3.41. The van der Waals surface area contributed by atoms with Gasteiger partial charge in [-0.1, -0.05) is 0 Å². The van der Waals surface area contributed by atoms with E-state index >= 15 is 0 Å². The number of hydrogen-bond acceptors (Lipinski definition) is 3. The molecule has 2 N–H and O–H groups in total. The smallest absolute Gasteiger partial charge is 0.312 e. The van der Waals surface area contributed by atoms with E-state index in [-0.39, 0.29) is 13.2 Å². The van der Waals surface area contributed by atoms with Gasteiger partial charge in [-0.25, -0.2) is 0 Å². The molecule has 0 aromatic carbocycles. The molecule has 2 rings (SSSR count). The molecule has 0 bridgehead atoms. The molecule has 0 amide bonds. The molecule has 0 spiro atoms. The van der Waals surface area contributed by atoms with E-state index in [4.69, 9.17) is 9.84 Å². The van der Waals surface area contributed by atoms with Crippen molar-refractivity contribution in [1.82, 2.24) is 0 Å². The van der Waals surface area contributed by atoms with E-state index < -0.39 is 17.0 Å². The normalized spacial score (nSPS) is 30.6. The number of aliphatic hydroxyl groups is 1. The van der Waals surface area contributed by atoms with Crippen LogP contribution in [0.3, 0.4) is 0 Å². The summed E-state index contributed by atoms with van der Waals surface area (Å²) in [6, 6.07) is 0. The lowest BCUT2D eigenvalue weighted by Gasteiger charge is -2.41. The molecule has 2 aliphatic rings. The van der Waals surface area contributed by atoms with E-state index in [2.05, 4.69) is 0 Å². The highest BCUT2D eigenvalue weighted by Crippen LogP contribution is 2.56. The highest BCUT2D eigenvalue weighted by molar-refractivity contribution is 5.79. The molecule has 62 valence electrons. The van der Waals surface area contributed by atoms with Crippen LogP contribution in [-0.4, -0.2) is 35.0 Å². The van der Waals surface area contributed by atoms with Crippen molar-refractivity contribution in [2.24, 2.45) is 5.41 Å². The molecule has 1 saturated heterocycles. The van der Waals surface area contributed by atoms with Crippen LogP contribution < -0.4 is 0 Å². The van der Waals surface area contributed by atoms with Gasteiger partial charge in [-0.15, -0.1) is 0 Å². The summed E-state index contributed by atoms with van der Waals surface area (Å²) in [5, 5.41) is 18.5. The quantitative estimate of drug-likeness (QED) is 0.574. The van der Waals surface area contributed by atoms with E-state index in [0.29, 0.717) is 12.8 Å². The van der Waals surface area contributed by atoms with E-state index in [1.165, 1.54) is 0 Å². The second kappa shape index (κ2) is 1.76. The lowest BCUT2D eigenvalue weighted by Crippen LogP contribution is -2.59. The average molecular weight is 158 g/mol. The molecule has 0 atom stereocenters. The monoisotopic (exact) mass is 158 g/mol. The molecule has 0 unspecified atom stereocenters. The first-order valence-corrected chi connectivity index (χ1v) is 3.64. The number of aliphatic carboxylic acids is 1. The number of ether oxygens (including phenoxy) is 1. The van der Waals surface area contributed by atoms with Gasteiger partial charge in [0.2, 0.25) is 0 Å². The van der Waals surface area contributed by atoms with Gasteiger partial charge in [0.05, 0.1) is 13.2 Å². The van der Waals surface area contributed by atoms with Gasteiger partial charge in [-0.3, -0.25) is 4.79 Å². The minimum atomic E-state index is -1.07. The van der Waals surface area contributed by atoms with Gasteiger partial charge >= 0.3 is 5.97 Å². The number of hydrogen-bond donors (Lipinski definition) is 2. The zero-order chi connectivity index (χ0) is 8.11. The molecular formula is C7H10O4. The van der Waals surface area contributed by atoms with Crippen LogP contribution in [0.2, 0.25) is 0 Å². The minimum absolute atomic E-state index is 0.180. The molecule has 1 heterocycles. The van der Waals surface area contributed by atoms with Crippen LogP contribution in [0.5, 0.6) is 0 Å². The first-order valence-electron chi connectivity index (χ1n) is 3.64. The predicted octanol–water partition coefficient (Wildman–Crippen LogP) is -0.388. The van der Waals surface area contributed by atoms with Gasteiger partial charge in [0.15, 0.2) is 0 Å². The van der Waals surface area contributed by atoms with Gasteiger partial charge in [-0.05, 0) is 12.8 Å².